The van der Waals surface area contributed by atoms with Crippen LogP contribution in [0.25, 0.3) is 0 Å². The lowest BCUT2D eigenvalue weighted by Gasteiger charge is -2.34. The molecule has 0 heterocycles. The summed E-state index contributed by atoms with van der Waals surface area (Å²) >= 11 is 4.88. The Morgan fingerprint density at radius 2 is 2.11 bits per heavy atom. The Hall–Kier alpha value is -1.04. The first kappa shape index (κ1) is 15.0. The summed E-state index contributed by atoms with van der Waals surface area (Å²) in [5, 5.41) is 9.28. The molecule has 0 aliphatic heterocycles. The van der Waals surface area contributed by atoms with Crippen LogP contribution in [-0.2, 0) is 6.54 Å². The van der Waals surface area contributed by atoms with Gasteiger partial charge in [0.05, 0.1) is 6.61 Å². The highest BCUT2D eigenvalue weighted by Crippen LogP contribution is 2.18. The predicted octanol–water partition coefficient (Wildman–Crippen LogP) is 1.66. The Morgan fingerprint density at radius 1 is 1.50 bits per heavy atom. The third kappa shape index (κ3) is 3.48. The summed E-state index contributed by atoms with van der Waals surface area (Å²) in [4.78, 5) is 2.13. The number of nitrogens with zero attached hydrogens (tertiary/aromatic N) is 1. The second-order valence-electron chi connectivity index (χ2n) is 5.00. The fraction of sp³-hybridized carbons (Fsp3) is 0.462. The van der Waals surface area contributed by atoms with Gasteiger partial charge in [-0.1, -0.05) is 12.2 Å². The zero-order valence-electron chi connectivity index (χ0n) is 10.9. The number of hydrogen-bond donors (Lipinski definition) is 2. The van der Waals surface area contributed by atoms with Gasteiger partial charge in [0.1, 0.15) is 10.8 Å². The zero-order valence-corrected chi connectivity index (χ0v) is 11.7. The quantitative estimate of drug-likeness (QED) is 0.799. The summed E-state index contributed by atoms with van der Waals surface area (Å²) < 4.78 is 13.7. The molecule has 18 heavy (non-hydrogen) atoms. The largest absolute Gasteiger partial charge is 0.394 e. The smallest absolute Gasteiger partial charge is 0.127 e. The average Bonchev–Trinajstić information content (AvgIpc) is 2.31. The van der Waals surface area contributed by atoms with E-state index in [0.717, 1.165) is 0 Å². The van der Waals surface area contributed by atoms with Crippen LogP contribution in [0.4, 0.5) is 4.39 Å². The minimum atomic E-state index is -0.411. The molecule has 0 saturated carbocycles. The first-order chi connectivity index (χ1) is 8.27. The number of benzene rings is 1. The molecule has 0 saturated heterocycles. The molecule has 0 aliphatic rings. The van der Waals surface area contributed by atoms with Gasteiger partial charge in [0, 0.05) is 23.2 Å². The Labute approximate surface area is 112 Å². The topological polar surface area (TPSA) is 49.5 Å². The van der Waals surface area contributed by atoms with Crippen LogP contribution in [0.3, 0.4) is 0 Å². The van der Waals surface area contributed by atoms with Crippen LogP contribution >= 0.6 is 12.2 Å². The monoisotopic (exact) mass is 270 g/mol. The van der Waals surface area contributed by atoms with E-state index in [-0.39, 0.29) is 17.4 Å². The summed E-state index contributed by atoms with van der Waals surface area (Å²) in [5.74, 6) is -0.296. The van der Waals surface area contributed by atoms with E-state index in [1.807, 2.05) is 25.8 Å². The van der Waals surface area contributed by atoms with Crippen molar-refractivity contribution in [3.63, 3.8) is 0 Å². The van der Waals surface area contributed by atoms with Crippen molar-refractivity contribution >= 4 is 17.2 Å². The molecule has 1 rings (SSSR count). The lowest BCUT2D eigenvalue weighted by Crippen LogP contribution is -2.43. The third-order valence-electron chi connectivity index (χ3n) is 3.16. The van der Waals surface area contributed by atoms with E-state index in [9.17, 15) is 9.50 Å². The molecule has 3 N–H and O–H groups in total. The summed E-state index contributed by atoms with van der Waals surface area (Å²) in [6.45, 7) is 4.17. The van der Waals surface area contributed by atoms with Crippen LogP contribution in [-0.4, -0.2) is 34.2 Å². The van der Waals surface area contributed by atoms with Crippen molar-refractivity contribution in [1.29, 1.82) is 0 Å². The maximum absolute atomic E-state index is 13.7. The lowest BCUT2D eigenvalue weighted by atomic mass is 10.0. The summed E-state index contributed by atoms with van der Waals surface area (Å²) in [5.41, 5.74) is 6.29. The lowest BCUT2D eigenvalue weighted by molar-refractivity contribution is 0.0726. The van der Waals surface area contributed by atoms with Crippen LogP contribution < -0.4 is 5.73 Å². The Kier molecular flexibility index (Phi) is 4.78. The standard InChI is InChI=1S/C13H19FN2OS/c1-13(2,8-17)16(3)7-10-6-9(12(15)18)4-5-11(10)14/h4-6,17H,7-8H2,1-3H3,(H2,15,18). The highest BCUT2D eigenvalue weighted by atomic mass is 32.1. The molecule has 0 spiro atoms. The fourth-order valence-electron chi connectivity index (χ4n) is 1.44. The number of thiocarbonyl (C=S) groups is 1. The molecule has 0 aromatic heterocycles. The molecule has 0 atom stereocenters. The molecular formula is C13H19FN2OS. The molecule has 1 aromatic rings. The molecule has 0 unspecified atom stereocenters. The van der Waals surface area contributed by atoms with Crippen molar-refractivity contribution in [1.82, 2.24) is 4.90 Å². The van der Waals surface area contributed by atoms with E-state index >= 15 is 0 Å². The zero-order chi connectivity index (χ0) is 13.9. The van der Waals surface area contributed by atoms with Crippen molar-refractivity contribution in [3.05, 3.63) is 35.1 Å². The molecular weight excluding hydrogens is 251 g/mol. The number of aliphatic hydroxyl groups excluding tert-OH is 1. The first-order valence-corrected chi connectivity index (χ1v) is 6.09. The van der Waals surface area contributed by atoms with Crippen molar-refractivity contribution in [2.24, 2.45) is 5.73 Å². The van der Waals surface area contributed by atoms with E-state index < -0.39 is 5.54 Å². The minimum Gasteiger partial charge on any atom is -0.394 e. The third-order valence-corrected chi connectivity index (χ3v) is 3.39. The summed E-state index contributed by atoms with van der Waals surface area (Å²) in [7, 11) is 1.84. The van der Waals surface area contributed by atoms with Gasteiger partial charge in [0.15, 0.2) is 0 Å². The second-order valence-corrected chi connectivity index (χ2v) is 5.44. The first-order valence-electron chi connectivity index (χ1n) is 5.68. The van der Waals surface area contributed by atoms with E-state index in [4.69, 9.17) is 18.0 Å². The van der Waals surface area contributed by atoms with Crippen LogP contribution in [0.2, 0.25) is 0 Å². The molecule has 0 radical (unpaired) electrons. The van der Waals surface area contributed by atoms with Crippen molar-refractivity contribution in [2.75, 3.05) is 13.7 Å². The van der Waals surface area contributed by atoms with Crippen molar-refractivity contribution in [2.45, 2.75) is 25.9 Å². The molecule has 5 heteroatoms. The van der Waals surface area contributed by atoms with Crippen LogP contribution in [0, 0.1) is 5.82 Å². The molecule has 3 nitrogen and oxygen atoms in total. The van der Waals surface area contributed by atoms with Crippen molar-refractivity contribution < 1.29 is 9.50 Å². The highest BCUT2D eigenvalue weighted by molar-refractivity contribution is 7.80. The van der Waals surface area contributed by atoms with Crippen LogP contribution in [0.15, 0.2) is 18.2 Å². The molecule has 0 bridgehead atoms. The normalized spacial score (nSPS) is 11.9. The number of rotatable bonds is 5. The predicted molar refractivity (Wildman–Crippen MR) is 74.9 cm³/mol. The SMILES string of the molecule is CN(Cc1cc(C(N)=S)ccc1F)C(C)(C)CO. The summed E-state index contributed by atoms with van der Waals surface area (Å²) in [6.07, 6.45) is 0. The number of likely N-dealkylation sites (N-methyl/N-ethyl adjacent to an activating group) is 1. The van der Waals surface area contributed by atoms with Gasteiger partial charge in [0.2, 0.25) is 0 Å². The molecule has 0 amide bonds. The minimum absolute atomic E-state index is 0.000110. The van der Waals surface area contributed by atoms with Gasteiger partial charge in [-0.3, -0.25) is 4.90 Å². The van der Waals surface area contributed by atoms with E-state index in [1.165, 1.54) is 6.07 Å². The van der Waals surface area contributed by atoms with Crippen LogP contribution in [0.1, 0.15) is 25.0 Å². The second kappa shape index (κ2) is 5.73. The van der Waals surface area contributed by atoms with E-state index in [0.29, 0.717) is 17.7 Å². The fourth-order valence-corrected chi connectivity index (χ4v) is 1.57. The number of halogens is 1. The van der Waals surface area contributed by atoms with Crippen LogP contribution in [0.5, 0.6) is 0 Å². The number of hydrogen-bond acceptors (Lipinski definition) is 3. The van der Waals surface area contributed by atoms with Crippen molar-refractivity contribution in [3.8, 4) is 0 Å². The van der Waals surface area contributed by atoms with Gasteiger partial charge in [-0.2, -0.15) is 0 Å². The van der Waals surface area contributed by atoms with Gasteiger partial charge in [-0.05, 0) is 39.1 Å². The van der Waals surface area contributed by atoms with Gasteiger partial charge in [-0.25, -0.2) is 4.39 Å². The molecule has 0 fully saturated rings. The van der Waals surface area contributed by atoms with Gasteiger partial charge in [0.25, 0.3) is 0 Å². The number of aliphatic hydroxyl groups is 1. The van der Waals surface area contributed by atoms with Gasteiger partial charge in [-0.15, -0.1) is 0 Å². The molecule has 1 aromatic carbocycles. The highest BCUT2D eigenvalue weighted by Gasteiger charge is 2.23. The average molecular weight is 270 g/mol. The van der Waals surface area contributed by atoms with E-state index in [1.54, 1.807) is 12.1 Å². The number of nitrogens with two attached hydrogens (primary N) is 1. The van der Waals surface area contributed by atoms with Gasteiger partial charge < -0.3 is 10.8 Å². The van der Waals surface area contributed by atoms with E-state index in [2.05, 4.69) is 0 Å². The molecule has 0 aliphatic carbocycles. The Balaban J connectivity index is 2.97. The summed E-state index contributed by atoms with van der Waals surface area (Å²) in [6, 6.07) is 4.59. The maximum atomic E-state index is 13.7. The maximum Gasteiger partial charge on any atom is 0.127 e. The molecule has 100 valence electrons. The Bertz CT molecular complexity index is 449. The Morgan fingerprint density at radius 3 is 2.61 bits per heavy atom. The van der Waals surface area contributed by atoms with Gasteiger partial charge >= 0.3 is 0 Å².